The highest BCUT2D eigenvalue weighted by atomic mass is 35.5. The molecule has 0 aliphatic carbocycles. The van der Waals surface area contributed by atoms with Crippen LogP contribution in [0.15, 0.2) is 30.3 Å². The highest BCUT2D eigenvalue weighted by molar-refractivity contribution is 7.16. The minimum atomic E-state index is -1.28. The van der Waals surface area contributed by atoms with E-state index in [9.17, 15) is 24.0 Å². The van der Waals surface area contributed by atoms with Crippen molar-refractivity contribution >= 4 is 52.8 Å². The number of thiophene rings is 1. The summed E-state index contributed by atoms with van der Waals surface area (Å²) >= 11 is 7.76. The molecule has 11 nitrogen and oxygen atoms in total. The molecule has 1 aliphatic heterocycles. The summed E-state index contributed by atoms with van der Waals surface area (Å²) in [6.45, 7) is 5.69. The lowest BCUT2D eigenvalue weighted by Gasteiger charge is -2.44. The van der Waals surface area contributed by atoms with Gasteiger partial charge in [-0.25, -0.2) is 0 Å². The van der Waals surface area contributed by atoms with Crippen LogP contribution in [-0.4, -0.2) is 60.9 Å². The third-order valence-electron chi connectivity index (χ3n) is 5.63. The Hall–Kier alpha value is -3.48. The molecule has 13 heteroatoms. The Morgan fingerprint density at radius 2 is 1.38 bits per heavy atom. The third kappa shape index (κ3) is 8.51. The Morgan fingerprint density at radius 3 is 1.93 bits per heavy atom. The molecule has 1 saturated heterocycles. The van der Waals surface area contributed by atoms with Crippen molar-refractivity contribution in [2.45, 2.75) is 71.6 Å². The van der Waals surface area contributed by atoms with Crippen LogP contribution in [0.1, 0.15) is 56.7 Å². The number of benzene rings is 1. The summed E-state index contributed by atoms with van der Waals surface area (Å²) in [5.41, 5.74) is 1.61. The quantitative estimate of drug-likeness (QED) is 0.237. The predicted molar refractivity (Wildman–Crippen MR) is 141 cm³/mol. The number of ether oxygens (including phenoxy) is 6. The van der Waals surface area contributed by atoms with Gasteiger partial charge in [-0.05, 0) is 35.7 Å². The molecule has 1 fully saturated rings. The molecular weight excluding hydrogens is 568 g/mol. The smallest absolute Gasteiger partial charge is 0.308 e. The van der Waals surface area contributed by atoms with Crippen molar-refractivity contribution in [3.63, 3.8) is 0 Å². The fourth-order valence-corrected chi connectivity index (χ4v) is 5.57. The molecule has 1 aromatic carbocycles. The predicted octanol–water partition coefficient (Wildman–Crippen LogP) is 3.72. The van der Waals surface area contributed by atoms with Crippen LogP contribution in [-0.2, 0) is 54.1 Å². The van der Waals surface area contributed by atoms with Crippen LogP contribution >= 0.6 is 22.9 Å². The fraction of sp³-hybridized carbons (Fsp3) is 0.444. The zero-order chi connectivity index (χ0) is 29.6. The number of carbonyl (C=O) groups excluding carboxylic acids is 5. The van der Waals surface area contributed by atoms with Gasteiger partial charge < -0.3 is 28.4 Å². The lowest BCUT2D eigenvalue weighted by Crippen LogP contribution is -2.59. The second kappa shape index (κ2) is 13.7. The van der Waals surface area contributed by atoms with Gasteiger partial charge in [-0.15, -0.1) is 11.3 Å². The SMILES string of the molecule is CC(=O)OCC1OC(c2cc(Cc3ccc(OC(C)=O)cc3)c(Cl)s2)C(OC(C)=O)C(OC(C)=O)C1OC(C)=O. The molecule has 0 spiro atoms. The van der Waals surface area contributed by atoms with Gasteiger partial charge in [-0.2, -0.15) is 0 Å². The van der Waals surface area contributed by atoms with Crippen LogP contribution < -0.4 is 4.74 Å². The van der Waals surface area contributed by atoms with Crippen LogP contribution in [0.25, 0.3) is 0 Å². The molecule has 0 bridgehead atoms. The summed E-state index contributed by atoms with van der Waals surface area (Å²) in [6, 6.07) is 8.68. The van der Waals surface area contributed by atoms with Crippen molar-refractivity contribution < 1.29 is 52.4 Å². The van der Waals surface area contributed by atoms with E-state index in [0.29, 0.717) is 21.4 Å². The van der Waals surface area contributed by atoms with Crippen molar-refractivity contribution in [3.8, 4) is 5.75 Å². The Bertz CT molecular complexity index is 1260. The topological polar surface area (TPSA) is 141 Å². The Morgan fingerprint density at radius 1 is 0.800 bits per heavy atom. The second-order valence-corrected chi connectivity index (χ2v) is 10.7. The summed E-state index contributed by atoms with van der Waals surface area (Å²) in [5, 5.41) is 0. The van der Waals surface area contributed by atoms with Crippen molar-refractivity contribution in [1.29, 1.82) is 0 Å². The van der Waals surface area contributed by atoms with Gasteiger partial charge in [-0.3, -0.25) is 24.0 Å². The monoisotopic (exact) mass is 596 g/mol. The van der Waals surface area contributed by atoms with Crippen LogP contribution in [0.4, 0.5) is 0 Å². The number of esters is 5. The second-order valence-electron chi connectivity index (χ2n) is 8.98. The minimum absolute atomic E-state index is 0.324. The Kier molecular flexibility index (Phi) is 10.7. The lowest BCUT2D eigenvalue weighted by molar-refractivity contribution is -0.254. The summed E-state index contributed by atoms with van der Waals surface area (Å²) in [4.78, 5) is 59.4. The standard InChI is InChI=1S/C27H29ClO11S/c1-13(29)34-12-21-23(36-15(3)31)25(37-16(4)32)26(38-17(5)33)24(39-21)22-11-19(27(28)40-22)10-18-6-8-20(9-7-18)35-14(2)30/h6-9,11,21,23-26H,10,12H2,1-5H3. The Labute approximate surface area is 239 Å². The molecule has 1 aromatic heterocycles. The van der Waals surface area contributed by atoms with Gasteiger partial charge in [0.2, 0.25) is 0 Å². The number of halogens is 1. The first kappa shape index (κ1) is 31.1. The summed E-state index contributed by atoms with van der Waals surface area (Å²) in [7, 11) is 0. The minimum Gasteiger partial charge on any atom is -0.463 e. The van der Waals surface area contributed by atoms with Gasteiger partial charge in [-0.1, -0.05) is 23.7 Å². The van der Waals surface area contributed by atoms with Crippen molar-refractivity contribution in [2.24, 2.45) is 0 Å². The largest absolute Gasteiger partial charge is 0.463 e. The first-order valence-electron chi connectivity index (χ1n) is 12.2. The molecule has 1 aliphatic rings. The Balaban J connectivity index is 1.98. The fourth-order valence-electron chi connectivity index (χ4n) is 4.21. The highest BCUT2D eigenvalue weighted by Crippen LogP contribution is 2.42. The average Bonchev–Trinajstić information content (AvgIpc) is 3.20. The van der Waals surface area contributed by atoms with E-state index in [1.165, 1.54) is 32.1 Å². The molecule has 0 amide bonds. The third-order valence-corrected chi connectivity index (χ3v) is 7.13. The summed E-state index contributed by atoms with van der Waals surface area (Å²) in [5.74, 6) is -2.73. The van der Waals surface area contributed by atoms with E-state index < -0.39 is 60.4 Å². The lowest BCUT2D eigenvalue weighted by atomic mass is 9.93. The number of hydrogen-bond donors (Lipinski definition) is 0. The molecule has 0 radical (unpaired) electrons. The summed E-state index contributed by atoms with van der Waals surface area (Å²) < 4.78 is 33.3. The van der Waals surface area contributed by atoms with Crippen LogP contribution in [0.5, 0.6) is 5.75 Å². The van der Waals surface area contributed by atoms with E-state index in [1.54, 1.807) is 30.3 Å². The van der Waals surface area contributed by atoms with E-state index >= 15 is 0 Å². The van der Waals surface area contributed by atoms with E-state index in [-0.39, 0.29) is 6.61 Å². The van der Waals surface area contributed by atoms with E-state index in [4.69, 9.17) is 40.0 Å². The van der Waals surface area contributed by atoms with Crippen LogP contribution in [0.3, 0.4) is 0 Å². The maximum Gasteiger partial charge on any atom is 0.308 e. The molecule has 216 valence electrons. The first-order chi connectivity index (χ1) is 18.8. The van der Waals surface area contributed by atoms with Gasteiger partial charge in [0, 0.05) is 39.5 Å². The highest BCUT2D eigenvalue weighted by Gasteiger charge is 2.53. The molecule has 0 saturated carbocycles. The number of rotatable bonds is 9. The molecule has 40 heavy (non-hydrogen) atoms. The molecule has 3 rings (SSSR count). The van der Waals surface area contributed by atoms with Crippen LogP contribution in [0.2, 0.25) is 4.34 Å². The van der Waals surface area contributed by atoms with Gasteiger partial charge in [0.1, 0.15) is 24.6 Å². The first-order valence-corrected chi connectivity index (χ1v) is 13.4. The van der Waals surface area contributed by atoms with Gasteiger partial charge >= 0.3 is 29.8 Å². The van der Waals surface area contributed by atoms with Crippen molar-refractivity contribution in [2.75, 3.05) is 6.61 Å². The molecule has 5 unspecified atom stereocenters. The zero-order valence-electron chi connectivity index (χ0n) is 22.5. The van der Waals surface area contributed by atoms with Crippen molar-refractivity contribution in [1.82, 2.24) is 0 Å². The maximum atomic E-state index is 12.1. The zero-order valence-corrected chi connectivity index (χ0v) is 24.0. The molecule has 0 N–H and O–H groups in total. The molecule has 2 aromatic rings. The molecular formula is C27H29ClO11S. The van der Waals surface area contributed by atoms with E-state index in [2.05, 4.69) is 0 Å². The molecule has 2 heterocycles. The normalized spacial score (nSPS) is 22.1. The van der Waals surface area contributed by atoms with E-state index in [1.807, 2.05) is 0 Å². The maximum absolute atomic E-state index is 12.1. The van der Waals surface area contributed by atoms with Gasteiger partial charge in [0.15, 0.2) is 18.3 Å². The van der Waals surface area contributed by atoms with Crippen molar-refractivity contribution in [3.05, 3.63) is 50.7 Å². The number of hydrogen-bond acceptors (Lipinski definition) is 12. The van der Waals surface area contributed by atoms with Gasteiger partial charge in [0.25, 0.3) is 0 Å². The summed E-state index contributed by atoms with van der Waals surface area (Å²) in [6.07, 6.45) is -5.39. The van der Waals surface area contributed by atoms with Gasteiger partial charge in [0.05, 0.1) is 4.34 Å². The molecule has 5 atom stereocenters. The average molecular weight is 597 g/mol. The van der Waals surface area contributed by atoms with Crippen LogP contribution in [0, 0.1) is 0 Å². The van der Waals surface area contributed by atoms with E-state index in [0.717, 1.165) is 25.0 Å². The number of carbonyl (C=O) groups is 5.